The smallest absolute Gasteiger partial charge is 0.416 e. The van der Waals surface area contributed by atoms with E-state index < -0.39 is 17.8 Å². The van der Waals surface area contributed by atoms with Gasteiger partial charge in [-0.15, -0.1) is 0 Å². The van der Waals surface area contributed by atoms with E-state index in [1.165, 1.54) is 17.0 Å². The number of hydrogen-bond donors (Lipinski definition) is 3. The zero-order chi connectivity index (χ0) is 23.8. The molecule has 0 bridgehead atoms. The van der Waals surface area contributed by atoms with Crippen LogP contribution in [0.15, 0.2) is 53.2 Å². The summed E-state index contributed by atoms with van der Waals surface area (Å²) in [6, 6.07) is 7.55. The molecular weight excluding hydrogens is 457 g/mol. The quantitative estimate of drug-likeness (QED) is 0.351. The zero-order valence-corrected chi connectivity index (χ0v) is 18.4. The van der Waals surface area contributed by atoms with Crippen LogP contribution in [-0.4, -0.2) is 58.7 Å². The summed E-state index contributed by atoms with van der Waals surface area (Å²) < 4.78 is 48.1. The molecule has 0 saturated carbocycles. The molecule has 2 N–H and O–H groups in total. The number of hydrogen-bond acceptors (Lipinski definition) is 6. The van der Waals surface area contributed by atoms with Gasteiger partial charge in [0.15, 0.2) is 5.84 Å². The average Bonchev–Trinajstić information content (AvgIpc) is 3.05. The number of alkyl halides is 3. The van der Waals surface area contributed by atoms with Crippen LogP contribution in [-0.2, 0) is 17.5 Å². The molecule has 2 heterocycles. The molecule has 1 fully saturated rings. The molecule has 0 atom stereocenters. The number of carbonyl (C=O) groups is 1. The fraction of sp³-hybridized carbons (Fsp3) is 0.333. The number of thiol groups is 1. The number of amidine groups is 1. The molecule has 1 aliphatic heterocycles. The Hall–Kier alpha value is -3.28. The Morgan fingerprint density at radius 1 is 1.15 bits per heavy atom. The van der Waals surface area contributed by atoms with Crippen LogP contribution in [0.4, 0.5) is 23.7 Å². The van der Waals surface area contributed by atoms with Crippen LogP contribution in [0.1, 0.15) is 17.5 Å². The number of pyridine rings is 1. The van der Waals surface area contributed by atoms with E-state index in [1.807, 2.05) is 0 Å². The molecule has 12 heteroatoms. The maximum atomic E-state index is 12.9. The SMILES string of the molecule is N=C(OCc1ccncc1)/C(=N\S)N1CCCN(C(=O)Nc2cccc(C(F)(F)F)c2)CC1. The van der Waals surface area contributed by atoms with Crippen molar-refractivity contribution in [3.63, 3.8) is 0 Å². The van der Waals surface area contributed by atoms with Crippen LogP contribution < -0.4 is 5.32 Å². The Morgan fingerprint density at radius 2 is 1.85 bits per heavy atom. The molecule has 1 saturated heterocycles. The number of nitrogens with one attached hydrogen (secondary N) is 2. The molecule has 0 unspecified atom stereocenters. The molecule has 1 aromatic carbocycles. The van der Waals surface area contributed by atoms with E-state index >= 15 is 0 Å². The highest BCUT2D eigenvalue weighted by molar-refractivity contribution is 7.79. The second-order valence-electron chi connectivity index (χ2n) is 7.23. The fourth-order valence-electron chi connectivity index (χ4n) is 3.26. The minimum absolute atomic E-state index is 0.0693. The van der Waals surface area contributed by atoms with Crippen molar-refractivity contribution >= 4 is 36.3 Å². The highest BCUT2D eigenvalue weighted by Crippen LogP contribution is 2.30. The van der Waals surface area contributed by atoms with Crippen molar-refractivity contribution in [3.8, 4) is 0 Å². The van der Waals surface area contributed by atoms with Gasteiger partial charge in [0.25, 0.3) is 5.90 Å². The predicted octanol–water partition coefficient (Wildman–Crippen LogP) is 4.08. The van der Waals surface area contributed by atoms with Crippen LogP contribution in [0.25, 0.3) is 0 Å². The van der Waals surface area contributed by atoms with Crippen LogP contribution >= 0.6 is 12.8 Å². The molecule has 0 radical (unpaired) electrons. The molecule has 2 aromatic rings. The lowest BCUT2D eigenvalue weighted by atomic mass is 10.2. The van der Waals surface area contributed by atoms with E-state index in [4.69, 9.17) is 10.1 Å². The van der Waals surface area contributed by atoms with Gasteiger partial charge in [-0.2, -0.15) is 17.6 Å². The summed E-state index contributed by atoms with van der Waals surface area (Å²) in [5, 5.41) is 10.7. The predicted molar refractivity (Wildman–Crippen MR) is 121 cm³/mol. The van der Waals surface area contributed by atoms with Gasteiger partial charge in [0.1, 0.15) is 6.61 Å². The number of benzene rings is 1. The largest absolute Gasteiger partial charge is 0.471 e. The lowest BCUT2D eigenvalue weighted by Crippen LogP contribution is -2.41. The topological polar surface area (TPSA) is 93.9 Å². The highest BCUT2D eigenvalue weighted by Gasteiger charge is 2.31. The third-order valence-corrected chi connectivity index (χ3v) is 5.14. The molecule has 3 rings (SSSR count). The van der Waals surface area contributed by atoms with Gasteiger partial charge in [-0.05, 0) is 55.1 Å². The number of halogens is 3. The van der Waals surface area contributed by atoms with Crippen molar-refractivity contribution in [1.29, 1.82) is 5.41 Å². The van der Waals surface area contributed by atoms with Gasteiger partial charge in [0, 0.05) is 44.3 Å². The highest BCUT2D eigenvalue weighted by atomic mass is 32.1. The number of amides is 2. The second kappa shape index (κ2) is 11.0. The Kier molecular flexibility index (Phi) is 8.15. The third-order valence-electron chi connectivity index (χ3n) is 4.95. The Morgan fingerprint density at radius 3 is 2.55 bits per heavy atom. The van der Waals surface area contributed by atoms with Gasteiger partial charge in [-0.1, -0.05) is 6.07 Å². The first kappa shape index (κ1) is 24.4. The van der Waals surface area contributed by atoms with E-state index in [9.17, 15) is 18.0 Å². The van der Waals surface area contributed by atoms with Crippen LogP contribution in [0.2, 0.25) is 0 Å². The number of anilines is 1. The van der Waals surface area contributed by atoms with Crippen LogP contribution in [0.5, 0.6) is 0 Å². The van der Waals surface area contributed by atoms with E-state index in [0.29, 0.717) is 26.1 Å². The summed E-state index contributed by atoms with van der Waals surface area (Å²) in [5.74, 6) is 0.0937. The summed E-state index contributed by atoms with van der Waals surface area (Å²) in [5.41, 5.74) is 0.0867. The fourth-order valence-corrected chi connectivity index (χ4v) is 3.48. The maximum Gasteiger partial charge on any atom is 0.416 e. The number of urea groups is 1. The Balaban J connectivity index is 1.56. The lowest BCUT2D eigenvalue weighted by molar-refractivity contribution is -0.137. The average molecular weight is 481 g/mol. The third kappa shape index (κ3) is 6.85. The minimum atomic E-state index is -4.49. The number of ether oxygens (including phenoxy) is 1. The first-order valence-corrected chi connectivity index (χ1v) is 10.5. The van der Waals surface area contributed by atoms with Crippen molar-refractivity contribution < 1.29 is 22.7 Å². The first-order chi connectivity index (χ1) is 15.8. The Labute approximate surface area is 194 Å². The first-order valence-electron chi connectivity index (χ1n) is 10.1. The van der Waals surface area contributed by atoms with Crippen molar-refractivity contribution in [2.75, 3.05) is 31.5 Å². The van der Waals surface area contributed by atoms with E-state index in [0.717, 1.165) is 17.7 Å². The summed E-state index contributed by atoms with van der Waals surface area (Å²) in [7, 11) is 0. The molecule has 33 heavy (non-hydrogen) atoms. The van der Waals surface area contributed by atoms with Gasteiger partial charge >= 0.3 is 12.2 Å². The standard InChI is InChI=1S/C21H23F3N6O2S/c22-21(23,24)16-3-1-4-17(13-16)27-20(31)30-10-2-9-29(11-12-30)19(28-33)18(25)32-14-15-5-7-26-8-6-15/h1,3-8,13,25,33H,2,9-12,14H2,(H,27,31)/b25-18?,28-19+. The van der Waals surface area contributed by atoms with Crippen molar-refractivity contribution in [3.05, 3.63) is 59.9 Å². The lowest BCUT2D eigenvalue weighted by Gasteiger charge is -2.24. The van der Waals surface area contributed by atoms with Gasteiger partial charge in [-0.3, -0.25) is 10.4 Å². The number of rotatable bonds is 3. The number of aromatic nitrogens is 1. The van der Waals surface area contributed by atoms with Crippen LogP contribution in [0.3, 0.4) is 0 Å². The van der Waals surface area contributed by atoms with Gasteiger partial charge in [0.05, 0.1) is 5.56 Å². The summed E-state index contributed by atoms with van der Waals surface area (Å²) in [6.45, 7) is 1.72. The molecular formula is C21H23F3N6O2S. The van der Waals surface area contributed by atoms with Gasteiger partial charge in [-0.25, -0.2) is 4.79 Å². The molecule has 8 nitrogen and oxygen atoms in total. The zero-order valence-electron chi connectivity index (χ0n) is 17.5. The normalized spacial score (nSPS) is 15.1. The summed E-state index contributed by atoms with van der Waals surface area (Å²) >= 11 is 3.97. The molecule has 2 amide bonds. The Bertz CT molecular complexity index is 1000. The second-order valence-corrected chi connectivity index (χ2v) is 7.43. The molecule has 176 valence electrons. The number of carbonyl (C=O) groups excluding carboxylic acids is 1. The van der Waals surface area contributed by atoms with E-state index in [2.05, 4.69) is 27.5 Å². The maximum absolute atomic E-state index is 12.9. The molecule has 0 spiro atoms. The van der Waals surface area contributed by atoms with Crippen molar-refractivity contribution in [2.45, 2.75) is 19.2 Å². The monoisotopic (exact) mass is 480 g/mol. The number of nitrogens with zero attached hydrogens (tertiary/aromatic N) is 4. The summed E-state index contributed by atoms with van der Waals surface area (Å²) in [6.07, 6.45) is -0.662. The van der Waals surface area contributed by atoms with Crippen molar-refractivity contribution in [2.24, 2.45) is 4.40 Å². The van der Waals surface area contributed by atoms with Crippen LogP contribution in [0, 0.1) is 5.41 Å². The minimum Gasteiger partial charge on any atom is -0.471 e. The van der Waals surface area contributed by atoms with Gasteiger partial charge in [0.2, 0.25) is 0 Å². The van der Waals surface area contributed by atoms with Gasteiger partial charge < -0.3 is 19.9 Å². The summed E-state index contributed by atoms with van der Waals surface area (Å²) in [4.78, 5) is 19.9. The van der Waals surface area contributed by atoms with E-state index in [-0.39, 0.29) is 30.6 Å². The molecule has 1 aliphatic rings. The molecule has 0 aliphatic carbocycles. The van der Waals surface area contributed by atoms with E-state index in [1.54, 1.807) is 29.4 Å². The molecule has 1 aromatic heterocycles. The van der Waals surface area contributed by atoms with Crippen molar-refractivity contribution in [1.82, 2.24) is 14.8 Å².